The minimum atomic E-state index is 1.10. The number of fused-ring (bicyclic) bond motifs is 6. The Morgan fingerprint density at radius 1 is 0.245 bits per heavy atom. The van der Waals surface area contributed by atoms with E-state index >= 15 is 0 Å². The summed E-state index contributed by atoms with van der Waals surface area (Å²) < 4.78 is 0. The van der Waals surface area contributed by atoms with Gasteiger partial charge in [-0.1, -0.05) is 170 Å². The zero-order valence-corrected chi connectivity index (χ0v) is 29.2. The molecule has 0 unspecified atom stereocenters. The van der Waals surface area contributed by atoms with Gasteiger partial charge in [0.05, 0.1) is 5.69 Å². The summed E-state index contributed by atoms with van der Waals surface area (Å²) in [4.78, 5) is 2.41. The van der Waals surface area contributed by atoms with Gasteiger partial charge in [-0.25, -0.2) is 0 Å². The van der Waals surface area contributed by atoms with Gasteiger partial charge in [-0.05, 0) is 113 Å². The topological polar surface area (TPSA) is 3.24 Å². The molecule has 1 heteroatoms. The third-order valence-electron chi connectivity index (χ3n) is 10.6. The van der Waals surface area contributed by atoms with E-state index in [9.17, 15) is 0 Å². The van der Waals surface area contributed by atoms with E-state index in [2.05, 4.69) is 217 Å². The van der Waals surface area contributed by atoms with Crippen LogP contribution in [-0.2, 0) is 0 Å². The highest BCUT2D eigenvalue weighted by atomic mass is 15.1. The summed E-state index contributed by atoms with van der Waals surface area (Å²) in [6.07, 6.45) is 0. The van der Waals surface area contributed by atoms with Crippen molar-refractivity contribution in [3.05, 3.63) is 212 Å². The molecule has 10 aromatic rings. The second-order valence-electron chi connectivity index (χ2n) is 13.8. The van der Waals surface area contributed by atoms with Crippen LogP contribution in [0.2, 0.25) is 0 Å². The van der Waals surface area contributed by atoms with Gasteiger partial charge in [0, 0.05) is 16.9 Å². The molecule has 0 aliphatic rings. The molecular weight excluding hydrogens is 639 g/mol. The molecule has 248 valence electrons. The second-order valence-corrected chi connectivity index (χ2v) is 13.8. The lowest BCUT2D eigenvalue weighted by Crippen LogP contribution is -2.11. The summed E-state index contributed by atoms with van der Waals surface area (Å²) in [5.41, 5.74) is 10.5. The number of hydrogen-bond donors (Lipinski definition) is 0. The Labute approximate surface area is 309 Å². The van der Waals surface area contributed by atoms with Crippen molar-refractivity contribution < 1.29 is 0 Å². The summed E-state index contributed by atoms with van der Waals surface area (Å²) in [6, 6.07) is 77.3. The minimum absolute atomic E-state index is 1.10. The molecule has 0 bridgehead atoms. The third-order valence-corrected chi connectivity index (χ3v) is 10.6. The highest BCUT2D eigenvalue weighted by molar-refractivity contribution is 6.17. The van der Waals surface area contributed by atoms with Crippen molar-refractivity contribution in [3.8, 4) is 33.4 Å². The van der Waals surface area contributed by atoms with Crippen LogP contribution in [0.1, 0.15) is 0 Å². The van der Waals surface area contributed by atoms with Crippen LogP contribution in [0.4, 0.5) is 17.1 Å². The number of nitrogens with zero attached hydrogens (tertiary/aromatic N) is 1. The predicted molar refractivity (Wildman–Crippen MR) is 227 cm³/mol. The fraction of sp³-hybridized carbons (Fsp3) is 0. The molecule has 0 saturated heterocycles. The van der Waals surface area contributed by atoms with Crippen molar-refractivity contribution in [1.82, 2.24) is 0 Å². The number of hydrogen-bond acceptors (Lipinski definition) is 1. The highest BCUT2D eigenvalue weighted by Gasteiger charge is 2.19. The second kappa shape index (κ2) is 13.0. The van der Waals surface area contributed by atoms with Gasteiger partial charge in [0.2, 0.25) is 0 Å². The van der Waals surface area contributed by atoms with E-state index in [0.29, 0.717) is 0 Å². The van der Waals surface area contributed by atoms with Crippen LogP contribution < -0.4 is 4.90 Å². The molecule has 0 N–H and O–H groups in total. The van der Waals surface area contributed by atoms with Gasteiger partial charge in [0.1, 0.15) is 0 Å². The first-order chi connectivity index (χ1) is 26.3. The van der Waals surface area contributed by atoms with Crippen LogP contribution in [0.3, 0.4) is 0 Å². The molecule has 10 aromatic carbocycles. The lowest BCUT2D eigenvalue weighted by molar-refractivity contribution is 1.29. The normalized spacial score (nSPS) is 11.4. The zero-order valence-electron chi connectivity index (χ0n) is 29.2. The Morgan fingerprint density at radius 3 is 1.36 bits per heavy atom. The molecule has 0 saturated carbocycles. The van der Waals surface area contributed by atoms with Gasteiger partial charge >= 0.3 is 0 Å². The summed E-state index contributed by atoms with van der Waals surface area (Å²) in [7, 11) is 0. The van der Waals surface area contributed by atoms with E-state index in [4.69, 9.17) is 0 Å². The van der Waals surface area contributed by atoms with Crippen LogP contribution in [-0.4, -0.2) is 0 Å². The molecule has 0 amide bonds. The summed E-state index contributed by atoms with van der Waals surface area (Å²) in [6.45, 7) is 0. The van der Waals surface area contributed by atoms with Gasteiger partial charge in [-0.15, -0.1) is 0 Å². The number of benzene rings is 10. The van der Waals surface area contributed by atoms with E-state index in [-0.39, 0.29) is 0 Å². The van der Waals surface area contributed by atoms with Crippen molar-refractivity contribution in [2.45, 2.75) is 0 Å². The fourth-order valence-corrected chi connectivity index (χ4v) is 7.92. The van der Waals surface area contributed by atoms with Crippen LogP contribution in [0.25, 0.3) is 76.5 Å². The molecule has 0 atom stereocenters. The minimum Gasteiger partial charge on any atom is -0.310 e. The van der Waals surface area contributed by atoms with Crippen LogP contribution in [0, 0.1) is 0 Å². The van der Waals surface area contributed by atoms with E-state index in [1.165, 1.54) is 76.5 Å². The van der Waals surface area contributed by atoms with Gasteiger partial charge in [-0.3, -0.25) is 0 Å². The van der Waals surface area contributed by atoms with Gasteiger partial charge in [-0.2, -0.15) is 0 Å². The lowest BCUT2D eigenvalue weighted by atomic mass is 9.94. The first-order valence-corrected chi connectivity index (χ1v) is 18.3. The fourth-order valence-electron chi connectivity index (χ4n) is 7.92. The van der Waals surface area contributed by atoms with Crippen LogP contribution >= 0.6 is 0 Å². The third kappa shape index (κ3) is 5.60. The van der Waals surface area contributed by atoms with E-state index in [1.54, 1.807) is 0 Å². The Hall–Kier alpha value is -6.96. The number of rotatable bonds is 6. The largest absolute Gasteiger partial charge is 0.310 e. The maximum atomic E-state index is 2.41. The average Bonchev–Trinajstić information content (AvgIpc) is 3.24. The van der Waals surface area contributed by atoms with E-state index in [0.717, 1.165) is 17.1 Å². The maximum absolute atomic E-state index is 2.41. The van der Waals surface area contributed by atoms with Gasteiger partial charge in [0.25, 0.3) is 0 Å². The van der Waals surface area contributed by atoms with Crippen molar-refractivity contribution >= 4 is 60.2 Å². The average molecular weight is 674 g/mol. The lowest BCUT2D eigenvalue weighted by Gasteiger charge is -2.29. The molecule has 10 rings (SSSR count). The molecule has 0 spiro atoms. The summed E-state index contributed by atoms with van der Waals surface area (Å²) >= 11 is 0. The molecular formula is C52H35N. The first-order valence-electron chi connectivity index (χ1n) is 18.3. The molecule has 1 nitrogen and oxygen atoms in total. The Morgan fingerprint density at radius 2 is 0.698 bits per heavy atom. The first kappa shape index (κ1) is 30.8. The molecule has 0 aliphatic carbocycles. The Balaban J connectivity index is 1.12. The van der Waals surface area contributed by atoms with E-state index in [1.807, 2.05) is 0 Å². The van der Waals surface area contributed by atoms with Crippen LogP contribution in [0.5, 0.6) is 0 Å². The van der Waals surface area contributed by atoms with E-state index < -0.39 is 0 Å². The van der Waals surface area contributed by atoms with Crippen molar-refractivity contribution in [2.24, 2.45) is 0 Å². The highest BCUT2D eigenvalue weighted by Crippen LogP contribution is 2.44. The Kier molecular flexibility index (Phi) is 7.55. The molecule has 0 radical (unpaired) electrons. The molecule has 0 aromatic heterocycles. The molecule has 0 aliphatic heterocycles. The SMILES string of the molecule is c1ccc(-c2ccc(N(c3ccc(-c4ccc5ccc6c7ccccc7ccc6c5c4)cc3)c3cc4ccccc4cc3-c3ccccc3)cc2)cc1. The summed E-state index contributed by atoms with van der Waals surface area (Å²) in [5, 5.41) is 10.1. The monoisotopic (exact) mass is 673 g/mol. The number of anilines is 3. The standard InChI is InChI=1S/C52H35N/c1-3-11-36(12-4-1)37-21-27-45(28-22-37)53(52-35-43-17-8-7-16-42(43)34-51(52)39-13-5-2-6-14-39)46-29-23-38(24-30-46)44-20-19-41-26-31-48-47-18-10-9-15-40(47)25-32-49(48)50(41)33-44/h1-35H. The van der Waals surface area contributed by atoms with Crippen LogP contribution in [0.15, 0.2) is 212 Å². The van der Waals surface area contributed by atoms with Crippen molar-refractivity contribution in [2.75, 3.05) is 4.90 Å². The Bertz CT molecular complexity index is 2910. The summed E-state index contributed by atoms with van der Waals surface area (Å²) in [5.74, 6) is 0. The van der Waals surface area contributed by atoms with Crippen molar-refractivity contribution in [1.29, 1.82) is 0 Å². The van der Waals surface area contributed by atoms with Gasteiger partial charge in [0.15, 0.2) is 0 Å². The quantitative estimate of drug-likeness (QED) is 0.159. The zero-order chi connectivity index (χ0) is 35.1. The molecule has 0 heterocycles. The smallest absolute Gasteiger partial charge is 0.0546 e. The van der Waals surface area contributed by atoms with Crippen molar-refractivity contribution in [3.63, 3.8) is 0 Å². The molecule has 53 heavy (non-hydrogen) atoms. The predicted octanol–water partition coefficient (Wildman–Crippen LogP) is 14.8. The molecule has 0 fully saturated rings. The maximum Gasteiger partial charge on any atom is 0.0546 e. The van der Waals surface area contributed by atoms with Gasteiger partial charge < -0.3 is 4.90 Å².